The first-order valence-corrected chi connectivity index (χ1v) is 9.86. The maximum absolute atomic E-state index is 12.6. The molecule has 2 rings (SSSR count). The SMILES string of the molecule is CC(=O)C(=O)/C=C(\O)c1cccc(NS(=O)(=O)c2c(Cl)cc(Cl)cc2Cl)c1. The number of anilines is 1. The summed E-state index contributed by atoms with van der Waals surface area (Å²) in [7, 11) is -4.17. The van der Waals surface area contributed by atoms with Crippen molar-refractivity contribution in [3.05, 3.63) is 63.1 Å². The summed E-state index contributed by atoms with van der Waals surface area (Å²) in [4.78, 5) is 22.0. The zero-order valence-electron chi connectivity index (χ0n) is 13.7. The molecule has 0 radical (unpaired) electrons. The number of hydrogen-bond acceptors (Lipinski definition) is 5. The second-order valence-electron chi connectivity index (χ2n) is 5.33. The number of carbonyl (C=O) groups excluding carboxylic acids is 2. The number of allylic oxidation sites excluding steroid dienone is 1. The summed E-state index contributed by atoms with van der Waals surface area (Å²) in [5.74, 6) is -2.12. The van der Waals surface area contributed by atoms with Crippen molar-refractivity contribution in [2.75, 3.05) is 4.72 Å². The van der Waals surface area contributed by atoms with Gasteiger partial charge in [-0.3, -0.25) is 14.3 Å². The van der Waals surface area contributed by atoms with Crippen LogP contribution in [0.15, 0.2) is 47.4 Å². The molecule has 2 aromatic rings. The fraction of sp³-hybridized carbons (Fsp3) is 0.0588. The largest absolute Gasteiger partial charge is 0.507 e. The van der Waals surface area contributed by atoms with Crippen LogP contribution in [0.25, 0.3) is 5.76 Å². The molecule has 0 fully saturated rings. The summed E-state index contributed by atoms with van der Waals surface area (Å²) in [5.41, 5.74) is 0.197. The molecule has 0 saturated heterocycles. The summed E-state index contributed by atoms with van der Waals surface area (Å²) in [6.45, 7) is 1.07. The predicted octanol–water partition coefficient (Wildman–Crippen LogP) is 4.50. The normalized spacial score (nSPS) is 11.9. The molecule has 2 aromatic carbocycles. The Labute approximate surface area is 170 Å². The Morgan fingerprint density at radius 3 is 2.22 bits per heavy atom. The topological polar surface area (TPSA) is 101 Å². The number of sulfonamides is 1. The molecule has 0 aliphatic carbocycles. The Balaban J connectivity index is 2.39. The van der Waals surface area contributed by atoms with Crippen LogP contribution in [0.3, 0.4) is 0 Å². The summed E-state index contributed by atoms with van der Waals surface area (Å²) in [6.07, 6.45) is 0.753. The predicted molar refractivity (Wildman–Crippen MR) is 105 cm³/mol. The van der Waals surface area contributed by atoms with Gasteiger partial charge in [-0.1, -0.05) is 46.9 Å². The van der Waals surface area contributed by atoms with Gasteiger partial charge in [-0.15, -0.1) is 0 Å². The van der Waals surface area contributed by atoms with Crippen LogP contribution < -0.4 is 4.72 Å². The first-order chi connectivity index (χ1) is 12.5. The summed E-state index contributed by atoms with van der Waals surface area (Å²) >= 11 is 17.7. The van der Waals surface area contributed by atoms with Crippen LogP contribution in [0.1, 0.15) is 12.5 Å². The molecule has 142 valence electrons. The van der Waals surface area contributed by atoms with Gasteiger partial charge in [-0.2, -0.15) is 0 Å². The highest BCUT2D eigenvalue weighted by Gasteiger charge is 2.23. The van der Waals surface area contributed by atoms with Crippen molar-refractivity contribution < 1.29 is 23.1 Å². The number of Topliss-reactive ketones (excluding diaryl/α,β-unsaturated/α-hetero) is 1. The van der Waals surface area contributed by atoms with Crippen molar-refractivity contribution in [2.24, 2.45) is 0 Å². The maximum atomic E-state index is 12.6. The summed E-state index contributed by atoms with van der Waals surface area (Å²) in [6, 6.07) is 8.04. The molecule has 0 aromatic heterocycles. The average molecular weight is 449 g/mol. The number of benzene rings is 2. The molecule has 0 aliphatic rings. The van der Waals surface area contributed by atoms with Gasteiger partial charge in [0, 0.05) is 29.3 Å². The number of rotatable bonds is 6. The molecule has 0 aliphatic heterocycles. The highest BCUT2D eigenvalue weighted by atomic mass is 35.5. The van der Waals surface area contributed by atoms with E-state index in [1.165, 1.54) is 36.4 Å². The van der Waals surface area contributed by atoms with Crippen molar-refractivity contribution in [3.8, 4) is 0 Å². The van der Waals surface area contributed by atoms with E-state index >= 15 is 0 Å². The van der Waals surface area contributed by atoms with Gasteiger partial charge in [0.1, 0.15) is 10.7 Å². The standard InChI is InChI=1S/C17H12Cl3NO5S/c1-9(22)15(23)8-16(24)10-3-2-4-12(5-10)21-27(25,26)17-13(19)6-11(18)7-14(17)20/h2-8,21,24H,1H3/b16-8-. The molecule has 0 saturated carbocycles. The third kappa shape index (κ3) is 5.23. The first-order valence-electron chi connectivity index (χ1n) is 7.24. The minimum absolute atomic E-state index is 0.0739. The zero-order valence-corrected chi connectivity index (χ0v) is 16.7. The first kappa shape index (κ1) is 21.2. The molecule has 2 N–H and O–H groups in total. The highest BCUT2D eigenvalue weighted by molar-refractivity contribution is 7.93. The third-order valence-corrected chi connectivity index (χ3v) is 5.78. The van der Waals surface area contributed by atoms with Crippen LogP contribution in [0.4, 0.5) is 5.69 Å². The molecule has 0 amide bonds. The number of carbonyl (C=O) groups is 2. The van der Waals surface area contributed by atoms with Crippen molar-refractivity contribution >= 4 is 67.8 Å². The van der Waals surface area contributed by atoms with E-state index in [2.05, 4.69) is 4.72 Å². The summed E-state index contributed by atoms with van der Waals surface area (Å²) < 4.78 is 27.5. The monoisotopic (exact) mass is 447 g/mol. The van der Waals surface area contributed by atoms with Crippen LogP contribution in [0.5, 0.6) is 0 Å². The average Bonchev–Trinajstić information content (AvgIpc) is 2.52. The van der Waals surface area contributed by atoms with Gasteiger partial charge in [0.2, 0.25) is 5.78 Å². The molecule has 6 nitrogen and oxygen atoms in total. The van der Waals surface area contributed by atoms with Crippen LogP contribution in [-0.2, 0) is 19.6 Å². The lowest BCUT2D eigenvalue weighted by Crippen LogP contribution is -2.14. The van der Waals surface area contributed by atoms with E-state index in [-0.39, 0.29) is 31.2 Å². The lowest BCUT2D eigenvalue weighted by atomic mass is 10.1. The van der Waals surface area contributed by atoms with E-state index < -0.39 is 27.3 Å². The second kappa shape index (κ2) is 8.31. The lowest BCUT2D eigenvalue weighted by Gasteiger charge is -2.12. The number of nitrogens with one attached hydrogen (secondary N) is 1. The van der Waals surface area contributed by atoms with Crippen LogP contribution >= 0.6 is 34.8 Å². The molecule has 0 spiro atoms. The molecule has 27 heavy (non-hydrogen) atoms. The van der Waals surface area contributed by atoms with Gasteiger partial charge in [0.25, 0.3) is 10.0 Å². The van der Waals surface area contributed by atoms with Crippen molar-refractivity contribution in [2.45, 2.75) is 11.8 Å². The van der Waals surface area contributed by atoms with Gasteiger partial charge in [-0.05, 0) is 24.3 Å². The second-order valence-corrected chi connectivity index (χ2v) is 8.20. The number of ketones is 2. The van der Waals surface area contributed by atoms with E-state index in [0.717, 1.165) is 13.0 Å². The van der Waals surface area contributed by atoms with Crippen molar-refractivity contribution in [1.29, 1.82) is 0 Å². The summed E-state index contributed by atoms with van der Waals surface area (Å²) in [5, 5.41) is 9.81. The minimum atomic E-state index is -4.17. The quantitative estimate of drug-likeness (QED) is 0.385. The van der Waals surface area contributed by atoms with Gasteiger partial charge >= 0.3 is 0 Å². The fourth-order valence-electron chi connectivity index (χ4n) is 2.04. The Morgan fingerprint density at radius 2 is 1.67 bits per heavy atom. The van der Waals surface area contributed by atoms with Gasteiger partial charge in [0.15, 0.2) is 5.78 Å². The Hall–Kier alpha value is -2.06. The van der Waals surface area contributed by atoms with Crippen molar-refractivity contribution in [3.63, 3.8) is 0 Å². The van der Waals surface area contributed by atoms with Crippen LogP contribution in [0.2, 0.25) is 15.1 Å². The molecule has 10 heteroatoms. The molecular formula is C17H12Cl3NO5S. The molecule has 0 heterocycles. The number of aliphatic hydroxyl groups is 1. The fourth-order valence-corrected chi connectivity index (χ4v) is 4.64. The third-order valence-electron chi connectivity index (χ3n) is 3.26. The van der Waals surface area contributed by atoms with Crippen LogP contribution in [-0.4, -0.2) is 25.1 Å². The number of hydrogen-bond donors (Lipinski definition) is 2. The molecule has 0 unspecified atom stereocenters. The minimum Gasteiger partial charge on any atom is -0.507 e. The lowest BCUT2D eigenvalue weighted by molar-refractivity contribution is -0.132. The molecule has 0 bridgehead atoms. The zero-order chi connectivity index (χ0) is 20.4. The Morgan fingerprint density at radius 1 is 1.07 bits per heavy atom. The molecule has 0 atom stereocenters. The van der Waals surface area contributed by atoms with Gasteiger partial charge in [0.05, 0.1) is 10.0 Å². The number of halogens is 3. The van der Waals surface area contributed by atoms with E-state index in [1.807, 2.05) is 0 Å². The highest BCUT2D eigenvalue weighted by Crippen LogP contribution is 2.34. The van der Waals surface area contributed by atoms with E-state index in [1.54, 1.807) is 0 Å². The van der Waals surface area contributed by atoms with E-state index in [4.69, 9.17) is 34.8 Å². The van der Waals surface area contributed by atoms with E-state index in [9.17, 15) is 23.1 Å². The van der Waals surface area contributed by atoms with Gasteiger partial charge < -0.3 is 5.11 Å². The van der Waals surface area contributed by atoms with E-state index in [0.29, 0.717) is 0 Å². The smallest absolute Gasteiger partial charge is 0.264 e. The van der Waals surface area contributed by atoms with Gasteiger partial charge in [-0.25, -0.2) is 8.42 Å². The van der Waals surface area contributed by atoms with Crippen LogP contribution in [0, 0.1) is 0 Å². The Kier molecular flexibility index (Phi) is 6.54. The number of aliphatic hydroxyl groups excluding tert-OH is 1. The Bertz CT molecular complexity index is 1040. The molecular weight excluding hydrogens is 437 g/mol. The van der Waals surface area contributed by atoms with Crippen molar-refractivity contribution in [1.82, 2.24) is 0 Å². The maximum Gasteiger partial charge on any atom is 0.264 e.